The van der Waals surface area contributed by atoms with Crippen LogP contribution in [0.3, 0.4) is 0 Å². The summed E-state index contributed by atoms with van der Waals surface area (Å²) in [6.45, 7) is 3.26. The summed E-state index contributed by atoms with van der Waals surface area (Å²) in [7, 11) is -1.79. The van der Waals surface area contributed by atoms with E-state index in [0.717, 1.165) is 0 Å². The van der Waals surface area contributed by atoms with Gasteiger partial charge in [0.05, 0.1) is 5.75 Å². The minimum Gasteiger partial charge on any atom is -0.477 e. The molecule has 1 N–H and O–H groups in total. The second-order valence-electron chi connectivity index (χ2n) is 2.75. The minimum atomic E-state index is -3.88. The molecular weight excluding hydrogens is 202 g/mol. The molecule has 13 heavy (non-hydrogen) atoms. The van der Waals surface area contributed by atoms with Crippen LogP contribution in [0.25, 0.3) is 0 Å². The molecule has 0 aliphatic carbocycles. The number of hydrogen-bond donors (Lipinski definition) is 1. The van der Waals surface area contributed by atoms with E-state index in [0.29, 0.717) is 6.42 Å². The molecule has 0 fully saturated rings. The Bertz CT molecular complexity index is 218. The predicted octanol–water partition coefficient (Wildman–Crippen LogP) is 1.25. The molecule has 3 nitrogen and oxygen atoms in total. The summed E-state index contributed by atoms with van der Waals surface area (Å²) in [5.41, 5.74) is 0. The molecule has 0 saturated heterocycles. The van der Waals surface area contributed by atoms with E-state index >= 15 is 0 Å². The van der Waals surface area contributed by atoms with Gasteiger partial charge in [-0.05, 0) is 6.42 Å². The number of rotatable bonds is 5. The van der Waals surface area contributed by atoms with Crippen LogP contribution in [0.15, 0.2) is 0 Å². The lowest BCUT2D eigenvalue weighted by atomic mass is 10.4. The van der Waals surface area contributed by atoms with Gasteiger partial charge in [0, 0.05) is 16.0 Å². The first-order valence-electron chi connectivity index (χ1n) is 3.79. The second kappa shape index (κ2) is 4.64. The molecule has 0 aliphatic rings. The van der Waals surface area contributed by atoms with E-state index in [1.807, 2.05) is 0 Å². The van der Waals surface area contributed by atoms with Crippen molar-refractivity contribution in [2.45, 2.75) is 31.4 Å². The van der Waals surface area contributed by atoms with Crippen LogP contribution in [-0.2, 0) is 15.6 Å². The highest BCUT2D eigenvalue weighted by Crippen LogP contribution is 2.17. The van der Waals surface area contributed by atoms with Crippen molar-refractivity contribution in [1.29, 1.82) is 0 Å². The Morgan fingerprint density at radius 1 is 1.62 bits per heavy atom. The van der Waals surface area contributed by atoms with E-state index in [-0.39, 0.29) is 0 Å². The molecule has 0 aromatic heterocycles. The molecular formula is C7H12F2O3S. The Morgan fingerprint density at radius 3 is 2.38 bits per heavy atom. The normalized spacial score (nSPS) is 16.6. The zero-order chi connectivity index (χ0) is 10.6. The highest BCUT2D eigenvalue weighted by Gasteiger charge is 2.41. The van der Waals surface area contributed by atoms with E-state index < -0.39 is 33.7 Å². The Balaban J connectivity index is 4.28. The van der Waals surface area contributed by atoms with Crippen LogP contribution in [0.1, 0.15) is 20.3 Å². The Kier molecular flexibility index (Phi) is 4.46. The van der Waals surface area contributed by atoms with E-state index in [1.54, 1.807) is 13.8 Å². The molecule has 2 atom stereocenters. The molecule has 0 bridgehead atoms. The third kappa shape index (κ3) is 3.80. The fourth-order valence-corrected chi connectivity index (χ4v) is 1.71. The summed E-state index contributed by atoms with van der Waals surface area (Å²) < 4.78 is 36.1. The number of alkyl halides is 2. The molecule has 0 spiro atoms. The van der Waals surface area contributed by atoms with Gasteiger partial charge in [0.15, 0.2) is 0 Å². The summed E-state index contributed by atoms with van der Waals surface area (Å²) in [4.78, 5) is 9.98. The molecule has 0 radical (unpaired) electrons. The van der Waals surface area contributed by atoms with Gasteiger partial charge < -0.3 is 5.11 Å². The zero-order valence-electron chi connectivity index (χ0n) is 7.42. The summed E-state index contributed by atoms with van der Waals surface area (Å²) in [6.07, 6.45) is 0.488. The number of hydrogen-bond acceptors (Lipinski definition) is 2. The summed E-state index contributed by atoms with van der Waals surface area (Å²) >= 11 is 0. The maximum absolute atomic E-state index is 12.5. The monoisotopic (exact) mass is 214 g/mol. The number of carbonyl (C=O) groups is 1. The number of carboxylic acids is 1. The van der Waals surface area contributed by atoms with Crippen molar-refractivity contribution in [2.75, 3.05) is 5.75 Å². The Labute approximate surface area is 77.6 Å². The average molecular weight is 214 g/mol. The van der Waals surface area contributed by atoms with Gasteiger partial charge in [-0.1, -0.05) is 13.8 Å². The number of carboxylic acid groups (broad SMARTS) is 1. The SMILES string of the molecule is CCC(C)S(=O)CC(F)(F)C(=O)O. The third-order valence-electron chi connectivity index (χ3n) is 1.66. The van der Waals surface area contributed by atoms with E-state index in [2.05, 4.69) is 0 Å². The van der Waals surface area contributed by atoms with Crippen LogP contribution in [0, 0.1) is 0 Å². The first kappa shape index (κ1) is 12.5. The van der Waals surface area contributed by atoms with Crippen molar-refractivity contribution in [3.63, 3.8) is 0 Å². The third-order valence-corrected chi connectivity index (χ3v) is 3.54. The van der Waals surface area contributed by atoms with Crippen molar-refractivity contribution in [1.82, 2.24) is 0 Å². The molecule has 6 heteroatoms. The molecule has 0 heterocycles. The smallest absolute Gasteiger partial charge is 0.375 e. The van der Waals surface area contributed by atoms with Crippen LogP contribution >= 0.6 is 0 Å². The molecule has 0 saturated carbocycles. The molecule has 2 unspecified atom stereocenters. The standard InChI is InChI=1S/C7H12F2O3S/c1-3-5(2)13(12)4-7(8,9)6(10)11/h5H,3-4H2,1-2H3,(H,10,11). The van der Waals surface area contributed by atoms with Crippen LogP contribution in [0.2, 0.25) is 0 Å². The molecule has 0 aromatic carbocycles. The maximum atomic E-state index is 12.5. The van der Waals surface area contributed by atoms with Crippen LogP contribution in [0.4, 0.5) is 8.78 Å². The Hall–Kier alpha value is -0.520. The van der Waals surface area contributed by atoms with Gasteiger partial charge in [0.2, 0.25) is 0 Å². The zero-order valence-corrected chi connectivity index (χ0v) is 8.24. The molecule has 78 valence electrons. The van der Waals surface area contributed by atoms with Gasteiger partial charge in [-0.25, -0.2) is 4.79 Å². The lowest BCUT2D eigenvalue weighted by Gasteiger charge is -2.13. The van der Waals surface area contributed by atoms with Crippen LogP contribution in [0.5, 0.6) is 0 Å². The van der Waals surface area contributed by atoms with Crippen molar-refractivity contribution >= 4 is 16.8 Å². The highest BCUT2D eigenvalue weighted by atomic mass is 32.2. The van der Waals surface area contributed by atoms with Crippen LogP contribution < -0.4 is 0 Å². The number of aliphatic carboxylic acids is 1. The van der Waals surface area contributed by atoms with E-state index in [1.165, 1.54) is 0 Å². The van der Waals surface area contributed by atoms with E-state index in [4.69, 9.17) is 5.11 Å². The van der Waals surface area contributed by atoms with Crippen molar-refractivity contribution < 1.29 is 22.9 Å². The minimum absolute atomic E-state index is 0.398. The fourth-order valence-electron chi connectivity index (χ4n) is 0.569. The summed E-state index contributed by atoms with van der Waals surface area (Å²) in [5.74, 6) is -7.20. The lowest BCUT2D eigenvalue weighted by Crippen LogP contribution is -2.36. The first-order valence-corrected chi connectivity index (χ1v) is 5.18. The first-order chi connectivity index (χ1) is 5.81. The second-order valence-corrected chi connectivity index (χ2v) is 4.61. The van der Waals surface area contributed by atoms with Gasteiger partial charge in [-0.15, -0.1) is 0 Å². The molecule has 0 aromatic rings. The Morgan fingerprint density at radius 2 is 2.08 bits per heavy atom. The average Bonchev–Trinajstić information content (AvgIpc) is 2.01. The molecule has 0 amide bonds. The van der Waals surface area contributed by atoms with Crippen molar-refractivity contribution in [3.05, 3.63) is 0 Å². The van der Waals surface area contributed by atoms with Gasteiger partial charge in [-0.3, -0.25) is 4.21 Å². The lowest BCUT2D eigenvalue weighted by molar-refractivity contribution is -0.161. The van der Waals surface area contributed by atoms with Gasteiger partial charge in [-0.2, -0.15) is 8.78 Å². The topological polar surface area (TPSA) is 54.4 Å². The fraction of sp³-hybridized carbons (Fsp3) is 0.857. The van der Waals surface area contributed by atoms with Gasteiger partial charge in [0.25, 0.3) is 0 Å². The molecule has 0 rings (SSSR count). The predicted molar refractivity (Wildman–Crippen MR) is 45.3 cm³/mol. The summed E-state index contributed by atoms with van der Waals surface area (Å²) in [6, 6.07) is 0. The van der Waals surface area contributed by atoms with Gasteiger partial charge >= 0.3 is 11.9 Å². The van der Waals surface area contributed by atoms with Crippen molar-refractivity contribution in [2.24, 2.45) is 0 Å². The largest absolute Gasteiger partial charge is 0.477 e. The molecule has 0 aliphatic heterocycles. The summed E-state index contributed by atoms with van der Waals surface area (Å²) in [5, 5.41) is 7.66. The van der Waals surface area contributed by atoms with Crippen LogP contribution in [-0.4, -0.2) is 32.2 Å². The van der Waals surface area contributed by atoms with E-state index in [9.17, 15) is 17.8 Å². The quantitative estimate of drug-likeness (QED) is 0.749. The van der Waals surface area contributed by atoms with Crippen molar-refractivity contribution in [3.8, 4) is 0 Å². The van der Waals surface area contributed by atoms with Gasteiger partial charge in [0.1, 0.15) is 0 Å². The maximum Gasteiger partial charge on any atom is 0.375 e. The highest BCUT2D eigenvalue weighted by molar-refractivity contribution is 7.85. The number of halogens is 2.